The van der Waals surface area contributed by atoms with Crippen LogP contribution in [0.5, 0.6) is 0 Å². The summed E-state index contributed by atoms with van der Waals surface area (Å²) in [6.45, 7) is -0.169. The van der Waals surface area contributed by atoms with Gasteiger partial charge in [-0.2, -0.15) is 5.10 Å². The van der Waals surface area contributed by atoms with Crippen LogP contribution in [0.15, 0.2) is 58.1 Å². The first-order valence-electron chi connectivity index (χ1n) is 6.66. The molecule has 118 valence electrons. The van der Waals surface area contributed by atoms with Gasteiger partial charge in [0.2, 0.25) is 0 Å². The quantitative estimate of drug-likeness (QED) is 0.604. The molecule has 0 atom stereocenters. The Kier molecular flexibility index (Phi) is 6.31. The number of hydrogen-bond acceptors (Lipinski definition) is 3. The van der Waals surface area contributed by atoms with Crippen molar-refractivity contribution in [1.82, 2.24) is 10.7 Å². The van der Waals surface area contributed by atoms with E-state index in [1.54, 1.807) is 48.5 Å². The van der Waals surface area contributed by atoms with Gasteiger partial charge in [0.1, 0.15) is 0 Å². The van der Waals surface area contributed by atoms with E-state index in [2.05, 4.69) is 31.8 Å². The van der Waals surface area contributed by atoms with Crippen LogP contribution in [0.3, 0.4) is 0 Å². The summed E-state index contributed by atoms with van der Waals surface area (Å²) in [4.78, 5) is 23.6. The second-order valence-corrected chi connectivity index (χ2v) is 5.80. The van der Waals surface area contributed by atoms with Crippen LogP contribution >= 0.6 is 27.5 Å². The maximum Gasteiger partial charge on any atom is 0.259 e. The lowest BCUT2D eigenvalue weighted by Gasteiger charge is -2.05. The molecular formula is C16H13BrClN3O2. The van der Waals surface area contributed by atoms with Gasteiger partial charge in [0.05, 0.1) is 18.3 Å². The highest BCUT2D eigenvalue weighted by molar-refractivity contribution is 9.10. The zero-order chi connectivity index (χ0) is 16.7. The smallest absolute Gasteiger partial charge is 0.259 e. The van der Waals surface area contributed by atoms with Crippen molar-refractivity contribution in [3.05, 3.63) is 69.2 Å². The summed E-state index contributed by atoms with van der Waals surface area (Å²) in [5.74, 6) is -0.759. The number of hydrazone groups is 1. The third-order valence-corrected chi connectivity index (χ3v) is 3.74. The number of carbonyl (C=O) groups is 2. The molecule has 0 saturated carbocycles. The number of amides is 2. The third-order valence-electron chi connectivity index (χ3n) is 2.80. The first kappa shape index (κ1) is 17.2. The topological polar surface area (TPSA) is 70.6 Å². The van der Waals surface area contributed by atoms with Crippen molar-refractivity contribution in [3.8, 4) is 0 Å². The van der Waals surface area contributed by atoms with Crippen LogP contribution in [-0.2, 0) is 4.79 Å². The summed E-state index contributed by atoms with van der Waals surface area (Å²) in [5.41, 5.74) is 3.60. The Balaban J connectivity index is 1.80. The number of halogens is 2. The van der Waals surface area contributed by atoms with Crippen molar-refractivity contribution < 1.29 is 9.59 Å². The molecule has 0 unspecified atom stereocenters. The maximum absolute atomic E-state index is 11.9. The second-order valence-electron chi connectivity index (χ2n) is 4.51. The molecule has 0 aliphatic carbocycles. The summed E-state index contributed by atoms with van der Waals surface area (Å²) in [6.07, 6.45) is 1.49. The lowest BCUT2D eigenvalue weighted by molar-refractivity contribution is -0.120. The van der Waals surface area contributed by atoms with Gasteiger partial charge < -0.3 is 5.32 Å². The molecule has 2 rings (SSSR count). The van der Waals surface area contributed by atoms with Crippen molar-refractivity contribution in [1.29, 1.82) is 0 Å². The Labute approximate surface area is 146 Å². The highest BCUT2D eigenvalue weighted by atomic mass is 79.9. The lowest BCUT2D eigenvalue weighted by Crippen LogP contribution is -2.35. The van der Waals surface area contributed by atoms with Crippen LogP contribution in [0.1, 0.15) is 15.9 Å². The highest BCUT2D eigenvalue weighted by Gasteiger charge is 2.10. The summed E-state index contributed by atoms with van der Waals surface area (Å²) in [7, 11) is 0. The molecule has 0 saturated heterocycles. The second kappa shape index (κ2) is 8.45. The Hall–Kier alpha value is -2.18. The molecule has 2 N–H and O–H groups in total. The fourth-order valence-corrected chi connectivity index (χ4v) is 2.26. The molecule has 2 amide bonds. The van der Waals surface area contributed by atoms with Gasteiger partial charge >= 0.3 is 0 Å². The molecule has 0 spiro atoms. The molecule has 0 aliphatic heterocycles. The Morgan fingerprint density at radius 1 is 1.13 bits per heavy atom. The van der Waals surface area contributed by atoms with Gasteiger partial charge in [-0.15, -0.1) is 0 Å². The monoisotopic (exact) mass is 393 g/mol. The number of rotatable bonds is 5. The summed E-state index contributed by atoms with van der Waals surface area (Å²) >= 11 is 9.05. The highest BCUT2D eigenvalue weighted by Crippen LogP contribution is 2.15. The lowest BCUT2D eigenvalue weighted by atomic mass is 10.2. The van der Waals surface area contributed by atoms with Gasteiger partial charge in [-0.25, -0.2) is 5.43 Å². The molecule has 2 aromatic carbocycles. The van der Waals surface area contributed by atoms with Crippen LogP contribution in [0.25, 0.3) is 0 Å². The first-order chi connectivity index (χ1) is 11.1. The third kappa shape index (κ3) is 5.50. The standard InChI is InChI=1S/C16H13BrClN3O2/c17-14-4-2-1-3-13(14)16(23)19-10-15(22)21-20-9-11-5-7-12(18)8-6-11/h1-9H,10H2,(H,19,23)(H,21,22). The van der Waals surface area contributed by atoms with Crippen molar-refractivity contribution in [2.45, 2.75) is 0 Å². The number of nitrogens with zero attached hydrogens (tertiary/aromatic N) is 1. The van der Waals surface area contributed by atoms with Crippen LogP contribution in [0, 0.1) is 0 Å². The van der Waals surface area contributed by atoms with Crippen molar-refractivity contribution in [3.63, 3.8) is 0 Å². The van der Waals surface area contributed by atoms with Crippen LogP contribution in [0.2, 0.25) is 5.02 Å². The average Bonchev–Trinajstić information content (AvgIpc) is 2.55. The van der Waals surface area contributed by atoms with Crippen molar-refractivity contribution >= 4 is 45.6 Å². The van der Waals surface area contributed by atoms with Crippen molar-refractivity contribution in [2.75, 3.05) is 6.54 Å². The minimum atomic E-state index is -0.421. The normalized spacial score (nSPS) is 10.5. The van der Waals surface area contributed by atoms with Gasteiger partial charge in [-0.1, -0.05) is 35.9 Å². The van der Waals surface area contributed by atoms with Crippen LogP contribution in [-0.4, -0.2) is 24.6 Å². The van der Waals surface area contributed by atoms with E-state index in [0.717, 1.165) is 5.56 Å². The Morgan fingerprint density at radius 2 is 1.83 bits per heavy atom. The predicted octanol–water partition coefficient (Wildman–Crippen LogP) is 2.98. The zero-order valence-corrected chi connectivity index (χ0v) is 14.3. The predicted molar refractivity (Wildman–Crippen MR) is 93.7 cm³/mol. The first-order valence-corrected chi connectivity index (χ1v) is 7.83. The maximum atomic E-state index is 11.9. The zero-order valence-electron chi connectivity index (χ0n) is 11.9. The van der Waals surface area contributed by atoms with Crippen molar-refractivity contribution in [2.24, 2.45) is 5.10 Å². The molecule has 0 bridgehead atoms. The van der Waals surface area contributed by atoms with Gasteiger partial charge in [0, 0.05) is 9.50 Å². The molecule has 2 aromatic rings. The fourth-order valence-electron chi connectivity index (χ4n) is 1.67. The number of hydrogen-bond donors (Lipinski definition) is 2. The molecule has 0 fully saturated rings. The summed E-state index contributed by atoms with van der Waals surface area (Å²) in [5, 5.41) is 6.96. The minimum Gasteiger partial charge on any atom is -0.343 e. The molecule has 5 nitrogen and oxygen atoms in total. The van der Waals surface area contributed by atoms with Gasteiger partial charge in [-0.3, -0.25) is 9.59 Å². The summed E-state index contributed by atoms with van der Waals surface area (Å²) in [6, 6.07) is 14.0. The molecule has 7 heteroatoms. The molecule has 0 aromatic heterocycles. The van der Waals surface area contributed by atoms with E-state index < -0.39 is 5.91 Å². The van der Waals surface area contributed by atoms with E-state index in [-0.39, 0.29) is 12.5 Å². The molecule has 0 heterocycles. The minimum absolute atomic E-state index is 0.169. The number of nitrogens with one attached hydrogen (secondary N) is 2. The molecule has 0 radical (unpaired) electrons. The molecular weight excluding hydrogens is 382 g/mol. The molecule has 0 aliphatic rings. The van der Waals surface area contributed by atoms with Gasteiger partial charge in [0.25, 0.3) is 11.8 Å². The SMILES string of the molecule is O=C(CNC(=O)c1ccccc1Br)NN=Cc1ccc(Cl)cc1. The molecule has 23 heavy (non-hydrogen) atoms. The van der Waals surface area contributed by atoms with E-state index in [9.17, 15) is 9.59 Å². The average molecular weight is 395 g/mol. The largest absolute Gasteiger partial charge is 0.343 e. The fraction of sp³-hybridized carbons (Fsp3) is 0.0625. The van der Waals surface area contributed by atoms with Crippen LogP contribution < -0.4 is 10.7 Å². The van der Waals surface area contributed by atoms with E-state index in [1.807, 2.05) is 0 Å². The van der Waals surface area contributed by atoms with Crippen LogP contribution in [0.4, 0.5) is 0 Å². The van der Waals surface area contributed by atoms with Gasteiger partial charge in [0.15, 0.2) is 0 Å². The van der Waals surface area contributed by atoms with Gasteiger partial charge in [-0.05, 0) is 45.8 Å². The Bertz CT molecular complexity index is 732. The van der Waals surface area contributed by atoms with E-state index in [1.165, 1.54) is 6.21 Å². The van der Waals surface area contributed by atoms with E-state index >= 15 is 0 Å². The number of carbonyl (C=O) groups excluding carboxylic acids is 2. The summed E-state index contributed by atoms with van der Waals surface area (Å²) < 4.78 is 0.665. The van der Waals surface area contributed by atoms with E-state index in [0.29, 0.717) is 15.1 Å². The van der Waals surface area contributed by atoms with E-state index in [4.69, 9.17) is 11.6 Å². The number of benzene rings is 2. The Morgan fingerprint density at radius 3 is 2.52 bits per heavy atom.